The molecule has 1 saturated heterocycles. The first-order chi connectivity index (χ1) is 18.4. The summed E-state index contributed by atoms with van der Waals surface area (Å²) in [6.45, 7) is 11.8. The average molecular weight is 588 g/mol. The van der Waals surface area contributed by atoms with Crippen LogP contribution in [0.1, 0.15) is 61.0 Å². The molecule has 0 saturated carbocycles. The quantitative estimate of drug-likeness (QED) is 0.380. The molecule has 0 radical (unpaired) electrons. The van der Waals surface area contributed by atoms with Crippen molar-refractivity contribution < 1.29 is 50.1 Å². The van der Waals surface area contributed by atoms with Gasteiger partial charge < -0.3 is 24.3 Å². The van der Waals surface area contributed by atoms with Gasteiger partial charge in [-0.25, -0.2) is 8.37 Å². The van der Waals surface area contributed by atoms with E-state index in [0.29, 0.717) is 0 Å². The predicted octanol–water partition coefficient (Wildman–Crippen LogP) is 2.65. The standard InChI is InChI=1S/C27H41NO11S/c1-9-36-40(32,33)39-21-19(16-35-24(30)26(3,4)5)37-23(34-15-18-13-11-10-12-14-18)20(28-17(2)29)22(21)38-25(31)27(6,7)8/h10-14,19-23H,9,15-16H2,1-8H3,(H,28,29)/t19-,20-,21-,22-,23+/m1/s1. The Bertz CT molecular complexity index is 1110. The van der Waals surface area contributed by atoms with Gasteiger partial charge in [-0.2, -0.15) is 8.42 Å². The number of hydrogen-bond acceptors (Lipinski definition) is 11. The molecule has 2 rings (SSSR count). The molecule has 1 amide bonds. The Morgan fingerprint density at radius 2 is 1.55 bits per heavy atom. The molecule has 0 bridgehead atoms. The van der Waals surface area contributed by atoms with Crippen LogP contribution in [0.3, 0.4) is 0 Å². The van der Waals surface area contributed by atoms with E-state index in [-0.39, 0.29) is 13.2 Å². The van der Waals surface area contributed by atoms with E-state index < -0.39 is 76.3 Å². The topological polar surface area (TPSA) is 153 Å². The summed E-state index contributed by atoms with van der Waals surface area (Å²) in [5.74, 6) is -1.82. The molecule has 1 fully saturated rings. The third-order valence-corrected chi connectivity index (χ3v) is 6.59. The molecule has 0 unspecified atom stereocenters. The van der Waals surface area contributed by atoms with E-state index >= 15 is 0 Å². The van der Waals surface area contributed by atoms with Crippen LogP contribution < -0.4 is 5.32 Å². The maximum absolute atomic E-state index is 13.1. The SMILES string of the molecule is CCOS(=O)(=O)O[C@H]1[C@H](OC(=O)C(C)(C)C)[C@@H](NC(C)=O)[C@@H](OCc2ccccc2)O[C@@H]1COC(=O)C(C)(C)C. The minimum atomic E-state index is -4.63. The van der Waals surface area contributed by atoms with Crippen molar-refractivity contribution in [2.75, 3.05) is 13.2 Å². The Morgan fingerprint density at radius 3 is 2.08 bits per heavy atom. The molecule has 1 aliphatic rings. The van der Waals surface area contributed by atoms with Gasteiger partial charge in [-0.3, -0.25) is 14.4 Å². The van der Waals surface area contributed by atoms with Crippen molar-refractivity contribution in [2.45, 2.75) is 92.6 Å². The number of esters is 2. The lowest BCUT2D eigenvalue weighted by molar-refractivity contribution is -0.275. The van der Waals surface area contributed by atoms with Crippen LogP contribution in [0.4, 0.5) is 0 Å². The number of nitrogens with one attached hydrogen (secondary N) is 1. The highest BCUT2D eigenvalue weighted by Gasteiger charge is 2.53. The Balaban J connectivity index is 2.56. The Labute approximate surface area is 236 Å². The molecule has 0 spiro atoms. The average Bonchev–Trinajstić information content (AvgIpc) is 2.83. The Kier molecular flexibility index (Phi) is 11.6. The number of hydrogen-bond donors (Lipinski definition) is 1. The monoisotopic (exact) mass is 587 g/mol. The number of ether oxygens (including phenoxy) is 4. The fraction of sp³-hybridized carbons (Fsp3) is 0.667. The van der Waals surface area contributed by atoms with Crippen molar-refractivity contribution in [3.8, 4) is 0 Å². The summed E-state index contributed by atoms with van der Waals surface area (Å²) in [6, 6.07) is 7.90. The van der Waals surface area contributed by atoms with Crippen molar-refractivity contribution >= 4 is 28.2 Å². The van der Waals surface area contributed by atoms with Gasteiger partial charge in [-0.15, -0.1) is 0 Å². The van der Waals surface area contributed by atoms with E-state index in [0.717, 1.165) is 5.56 Å². The van der Waals surface area contributed by atoms with Crippen LogP contribution in [0.25, 0.3) is 0 Å². The molecule has 5 atom stereocenters. The van der Waals surface area contributed by atoms with Crippen molar-refractivity contribution in [3.63, 3.8) is 0 Å². The molecule has 1 aromatic rings. The maximum Gasteiger partial charge on any atom is 0.400 e. The number of carbonyl (C=O) groups is 3. The number of carbonyl (C=O) groups excluding carboxylic acids is 3. The van der Waals surface area contributed by atoms with Gasteiger partial charge in [0.15, 0.2) is 12.4 Å². The minimum Gasteiger partial charge on any atom is -0.462 e. The van der Waals surface area contributed by atoms with Gasteiger partial charge in [0.1, 0.15) is 24.9 Å². The molecular weight excluding hydrogens is 546 g/mol. The highest BCUT2D eigenvalue weighted by molar-refractivity contribution is 7.81. The third kappa shape index (κ3) is 10.1. The van der Waals surface area contributed by atoms with Gasteiger partial charge in [-0.1, -0.05) is 30.3 Å². The molecular formula is C27H41NO11S. The van der Waals surface area contributed by atoms with Gasteiger partial charge >= 0.3 is 22.3 Å². The molecule has 0 aromatic heterocycles. The second kappa shape index (κ2) is 13.9. The first-order valence-electron chi connectivity index (χ1n) is 13.0. The second-order valence-corrected chi connectivity index (χ2v) is 12.7. The fourth-order valence-electron chi connectivity index (χ4n) is 3.56. The van der Waals surface area contributed by atoms with Crippen molar-refractivity contribution in [2.24, 2.45) is 10.8 Å². The molecule has 40 heavy (non-hydrogen) atoms. The highest BCUT2D eigenvalue weighted by atomic mass is 32.3. The predicted molar refractivity (Wildman–Crippen MR) is 143 cm³/mol. The van der Waals surface area contributed by atoms with Gasteiger partial charge in [0, 0.05) is 6.92 Å². The van der Waals surface area contributed by atoms with Crippen molar-refractivity contribution in [3.05, 3.63) is 35.9 Å². The van der Waals surface area contributed by atoms with Gasteiger partial charge in [0.2, 0.25) is 5.91 Å². The van der Waals surface area contributed by atoms with E-state index in [9.17, 15) is 22.8 Å². The molecule has 1 aliphatic heterocycles. The van der Waals surface area contributed by atoms with Crippen molar-refractivity contribution in [1.29, 1.82) is 0 Å². The second-order valence-electron chi connectivity index (χ2n) is 11.4. The Hall–Kier alpha value is -2.58. The van der Waals surface area contributed by atoms with Crippen LogP contribution in [0.5, 0.6) is 0 Å². The van der Waals surface area contributed by atoms with Gasteiger partial charge in [-0.05, 0) is 54.0 Å². The summed E-state index contributed by atoms with van der Waals surface area (Å²) >= 11 is 0. The van der Waals surface area contributed by atoms with Crippen LogP contribution in [-0.4, -0.2) is 70.1 Å². The Morgan fingerprint density at radius 1 is 0.950 bits per heavy atom. The molecule has 12 nitrogen and oxygen atoms in total. The molecule has 226 valence electrons. The van der Waals surface area contributed by atoms with Crippen LogP contribution in [0.2, 0.25) is 0 Å². The zero-order valence-electron chi connectivity index (χ0n) is 24.3. The summed E-state index contributed by atoms with van der Waals surface area (Å²) < 4.78 is 58.7. The fourth-order valence-corrected chi connectivity index (χ4v) is 4.41. The molecule has 0 aliphatic carbocycles. The van der Waals surface area contributed by atoms with E-state index in [1.807, 2.05) is 30.3 Å². The lowest BCUT2D eigenvalue weighted by atomic mass is 9.94. The highest BCUT2D eigenvalue weighted by Crippen LogP contribution is 2.31. The number of rotatable bonds is 11. The third-order valence-electron chi connectivity index (χ3n) is 5.61. The summed E-state index contributed by atoms with van der Waals surface area (Å²) in [7, 11) is -4.63. The number of benzene rings is 1. The smallest absolute Gasteiger partial charge is 0.400 e. The zero-order valence-corrected chi connectivity index (χ0v) is 25.1. The summed E-state index contributed by atoms with van der Waals surface area (Å²) in [5, 5.41) is 2.64. The molecule has 1 N–H and O–H groups in total. The summed E-state index contributed by atoms with van der Waals surface area (Å²) in [4.78, 5) is 37.9. The molecule has 13 heteroatoms. The van der Waals surface area contributed by atoms with Gasteiger partial charge in [0.05, 0.1) is 24.0 Å². The first kappa shape index (κ1) is 33.6. The van der Waals surface area contributed by atoms with Crippen LogP contribution >= 0.6 is 0 Å². The van der Waals surface area contributed by atoms with Crippen LogP contribution in [-0.2, 0) is 58.7 Å². The largest absolute Gasteiger partial charge is 0.462 e. The lowest BCUT2D eigenvalue weighted by Gasteiger charge is -2.45. The van der Waals surface area contributed by atoms with E-state index in [4.69, 9.17) is 27.3 Å². The van der Waals surface area contributed by atoms with Crippen LogP contribution in [0.15, 0.2) is 30.3 Å². The van der Waals surface area contributed by atoms with Gasteiger partial charge in [0.25, 0.3) is 0 Å². The maximum atomic E-state index is 13.1. The first-order valence-corrected chi connectivity index (χ1v) is 14.3. The zero-order chi connectivity index (χ0) is 30.3. The van der Waals surface area contributed by atoms with Crippen LogP contribution in [0, 0.1) is 10.8 Å². The lowest BCUT2D eigenvalue weighted by Crippen LogP contribution is -2.67. The summed E-state index contributed by atoms with van der Waals surface area (Å²) in [5.41, 5.74) is -1.09. The normalized spacial score (nSPS) is 23.8. The summed E-state index contributed by atoms with van der Waals surface area (Å²) in [6.07, 6.45) is -5.58. The number of amides is 1. The van der Waals surface area contributed by atoms with E-state index in [1.165, 1.54) is 13.8 Å². The van der Waals surface area contributed by atoms with E-state index in [2.05, 4.69) is 5.32 Å². The van der Waals surface area contributed by atoms with Crippen molar-refractivity contribution in [1.82, 2.24) is 5.32 Å². The molecule has 1 heterocycles. The van der Waals surface area contributed by atoms with E-state index in [1.54, 1.807) is 41.5 Å². The molecule has 1 aromatic carbocycles. The minimum absolute atomic E-state index is 0.0405.